The van der Waals surface area contributed by atoms with Crippen molar-refractivity contribution in [2.45, 2.75) is 6.92 Å². The highest BCUT2D eigenvalue weighted by molar-refractivity contribution is 6.02. The highest BCUT2D eigenvalue weighted by Crippen LogP contribution is 2.24. The van der Waals surface area contributed by atoms with Crippen molar-refractivity contribution in [3.63, 3.8) is 0 Å². The number of benzene rings is 3. The molecule has 4 aromatic rings. The van der Waals surface area contributed by atoms with E-state index >= 15 is 0 Å². The Kier molecular flexibility index (Phi) is 5.13. The maximum Gasteiger partial charge on any atom is 0.248 e. The Morgan fingerprint density at radius 2 is 1.67 bits per heavy atom. The highest BCUT2D eigenvalue weighted by atomic mass is 16.5. The van der Waals surface area contributed by atoms with Crippen molar-refractivity contribution < 1.29 is 14.8 Å². The molecule has 0 fully saturated rings. The van der Waals surface area contributed by atoms with Gasteiger partial charge in [0, 0.05) is 22.9 Å². The third-order valence-corrected chi connectivity index (χ3v) is 4.69. The zero-order chi connectivity index (χ0) is 21.1. The zero-order valence-electron chi connectivity index (χ0n) is 16.2. The molecule has 0 aliphatic rings. The van der Waals surface area contributed by atoms with Crippen LogP contribution >= 0.6 is 0 Å². The fourth-order valence-electron chi connectivity index (χ4n) is 3.09. The molecule has 3 aromatic carbocycles. The minimum atomic E-state index is -0.271. The molecule has 6 nitrogen and oxygen atoms in total. The van der Waals surface area contributed by atoms with E-state index in [1.165, 1.54) is 13.0 Å². The number of carbonyl (C=O) groups is 2. The number of aromatic nitrogens is 2. The Morgan fingerprint density at radius 1 is 0.967 bits per heavy atom. The van der Waals surface area contributed by atoms with Crippen LogP contribution in [0.3, 0.4) is 0 Å². The Labute approximate surface area is 173 Å². The second-order valence-corrected chi connectivity index (χ2v) is 6.81. The molecular formula is C24H19N3O3. The SMILES string of the molecule is CC(=O)c1ccc(C=CC(=O)Nc2ccc(-c3nc4ccccc4n3O)cc2)cc1. The Hall–Kier alpha value is -4.19. The first-order valence-corrected chi connectivity index (χ1v) is 9.38. The molecule has 2 N–H and O–H groups in total. The van der Waals surface area contributed by atoms with E-state index in [4.69, 9.17) is 0 Å². The number of carbonyl (C=O) groups excluding carboxylic acids is 2. The highest BCUT2D eigenvalue weighted by Gasteiger charge is 2.11. The molecule has 0 unspecified atom stereocenters. The van der Waals surface area contributed by atoms with Gasteiger partial charge in [0.1, 0.15) is 5.52 Å². The number of ketones is 1. The zero-order valence-corrected chi connectivity index (χ0v) is 16.2. The maximum atomic E-state index is 12.2. The lowest BCUT2D eigenvalue weighted by atomic mass is 10.1. The van der Waals surface area contributed by atoms with Crippen molar-refractivity contribution in [3.05, 3.63) is 90.0 Å². The van der Waals surface area contributed by atoms with Gasteiger partial charge < -0.3 is 10.5 Å². The number of fused-ring (bicyclic) bond motifs is 1. The Morgan fingerprint density at radius 3 is 2.33 bits per heavy atom. The van der Waals surface area contributed by atoms with E-state index in [0.29, 0.717) is 28.1 Å². The number of hydrogen-bond donors (Lipinski definition) is 2. The van der Waals surface area contributed by atoms with Gasteiger partial charge in [-0.05, 0) is 55.0 Å². The van der Waals surface area contributed by atoms with Crippen LogP contribution < -0.4 is 5.32 Å². The van der Waals surface area contributed by atoms with Gasteiger partial charge in [0.25, 0.3) is 0 Å². The summed E-state index contributed by atoms with van der Waals surface area (Å²) >= 11 is 0. The number of nitrogens with zero attached hydrogens (tertiary/aromatic N) is 2. The number of rotatable bonds is 5. The summed E-state index contributed by atoms with van der Waals surface area (Å²) in [5.41, 5.74) is 4.15. The maximum absolute atomic E-state index is 12.2. The van der Waals surface area contributed by atoms with Crippen LogP contribution in [0, 0.1) is 0 Å². The summed E-state index contributed by atoms with van der Waals surface area (Å²) < 4.78 is 1.06. The topological polar surface area (TPSA) is 84.2 Å². The van der Waals surface area contributed by atoms with Gasteiger partial charge in [-0.1, -0.05) is 36.4 Å². The molecule has 6 heteroatoms. The molecule has 0 spiro atoms. The van der Waals surface area contributed by atoms with Gasteiger partial charge in [0.05, 0.1) is 5.52 Å². The summed E-state index contributed by atoms with van der Waals surface area (Å²) in [7, 11) is 0. The second-order valence-electron chi connectivity index (χ2n) is 6.81. The van der Waals surface area contributed by atoms with Crippen molar-refractivity contribution in [2.24, 2.45) is 0 Å². The van der Waals surface area contributed by atoms with Gasteiger partial charge in [-0.15, -0.1) is 0 Å². The quantitative estimate of drug-likeness (QED) is 0.288. The molecule has 30 heavy (non-hydrogen) atoms. The average Bonchev–Trinajstić information content (AvgIpc) is 3.10. The van der Waals surface area contributed by atoms with E-state index in [1.54, 1.807) is 60.7 Å². The standard InChI is InChI=1S/C24H19N3O3/c1-16(28)18-9-6-17(7-10-18)8-15-23(29)25-20-13-11-19(12-14-20)24-26-21-4-2-3-5-22(21)27(24)30/h2-15,30H,1H3,(H,25,29). The molecule has 4 rings (SSSR count). The Bertz CT molecular complexity index is 1250. The van der Waals surface area contributed by atoms with Crippen molar-refractivity contribution >= 4 is 34.5 Å². The lowest BCUT2D eigenvalue weighted by Crippen LogP contribution is -2.07. The molecule has 0 aliphatic heterocycles. The lowest BCUT2D eigenvalue weighted by Gasteiger charge is -2.05. The van der Waals surface area contributed by atoms with Gasteiger partial charge in [0.15, 0.2) is 11.6 Å². The van der Waals surface area contributed by atoms with Crippen molar-refractivity contribution in [2.75, 3.05) is 5.32 Å². The van der Waals surface area contributed by atoms with Gasteiger partial charge in [0.2, 0.25) is 5.91 Å². The van der Waals surface area contributed by atoms with Crippen LogP contribution in [0.15, 0.2) is 78.9 Å². The van der Waals surface area contributed by atoms with E-state index in [9.17, 15) is 14.8 Å². The third kappa shape index (κ3) is 3.98. The summed E-state index contributed by atoms with van der Waals surface area (Å²) in [6, 6.07) is 21.4. The van der Waals surface area contributed by atoms with Gasteiger partial charge in [-0.3, -0.25) is 9.59 Å². The fraction of sp³-hybridized carbons (Fsp3) is 0.0417. The van der Waals surface area contributed by atoms with Gasteiger partial charge >= 0.3 is 0 Å². The van der Waals surface area contributed by atoms with E-state index in [-0.39, 0.29) is 11.7 Å². The predicted octanol–water partition coefficient (Wildman–Crippen LogP) is 4.80. The Balaban J connectivity index is 1.44. The van der Waals surface area contributed by atoms with Crippen LogP contribution in [0.25, 0.3) is 28.5 Å². The van der Waals surface area contributed by atoms with Crippen molar-refractivity contribution in [1.29, 1.82) is 0 Å². The van der Waals surface area contributed by atoms with Crippen LogP contribution in [0.1, 0.15) is 22.8 Å². The number of Topliss-reactive ketones (excluding diaryl/α,β-unsaturated/α-hetero) is 1. The van der Waals surface area contributed by atoms with Crippen LogP contribution in [-0.4, -0.2) is 26.6 Å². The van der Waals surface area contributed by atoms with Gasteiger partial charge in [-0.2, -0.15) is 4.73 Å². The number of nitrogens with one attached hydrogen (secondary N) is 1. The molecule has 1 amide bonds. The second kappa shape index (κ2) is 8.05. The molecular weight excluding hydrogens is 378 g/mol. The van der Waals surface area contributed by atoms with Crippen molar-refractivity contribution in [3.8, 4) is 11.4 Å². The van der Waals surface area contributed by atoms with Crippen LogP contribution in [-0.2, 0) is 4.79 Å². The van der Waals surface area contributed by atoms with Crippen LogP contribution in [0.4, 0.5) is 5.69 Å². The first-order valence-electron chi connectivity index (χ1n) is 9.38. The molecule has 0 radical (unpaired) electrons. The first kappa shape index (κ1) is 19.1. The van der Waals surface area contributed by atoms with Gasteiger partial charge in [-0.25, -0.2) is 4.98 Å². The molecule has 1 heterocycles. The normalized spacial score (nSPS) is 11.1. The largest absolute Gasteiger partial charge is 0.426 e. The van der Waals surface area contributed by atoms with Crippen molar-refractivity contribution in [1.82, 2.24) is 9.71 Å². The molecule has 0 saturated heterocycles. The predicted molar refractivity (Wildman–Crippen MR) is 116 cm³/mol. The number of para-hydroxylation sites is 2. The summed E-state index contributed by atoms with van der Waals surface area (Å²) in [6.45, 7) is 1.51. The number of imidazole rings is 1. The summed E-state index contributed by atoms with van der Waals surface area (Å²) in [5.74, 6) is 0.166. The summed E-state index contributed by atoms with van der Waals surface area (Å²) in [5, 5.41) is 13.1. The summed E-state index contributed by atoms with van der Waals surface area (Å²) in [6.07, 6.45) is 3.12. The lowest BCUT2D eigenvalue weighted by molar-refractivity contribution is -0.111. The minimum absolute atomic E-state index is 0.00323. The molecule has 0 saturated carbocycles. The number of anilines is 1. The molecule has 0 atom stereocenters. The third-order valence-electron chi connectivity index (χ3n) is 4.69. The van der Waals surface area contributed by atoms with E-state index in [2.05, 4.69) is 10.3 Å². The van der Waals surface area contributed by atoms with Crippen LogP contribution in [0.2, 0.25) is 0 Å². The van der Waals surface area contributed by atoms with E-state index in [0.717, 1.165) is 15.9 Å². The molecule has 148 valence electrons. The van der Waals surface area contributed by atoms with Crippen LogP contribution in [0.5, 0.6) is 0 Å². The molecule has 1 aromatic heterocycles. The van der Waals surface area contributed by atoms with E-state index < -0.39 is 0 Å². The number of hydrogen-bond acceptors (Lipinski definition) is 4. The first-order chi connectivity index (χ1) is 14.5. The molecule has 0 bridgehead atoms. The molecule has 0 aliphatic carbocycles. The average molecular weight is 397 g/mol. The smallest absolute Gasteiger partial charge is 0.248 e. The monoisotopic (exact) mass is 397 g/mol. The number of amides is 1. The van der Waals surface area contributed by atoms with E-state index in [1.807, 2.05) is 18.2 Å². The minimum Gasteiger partial charge on any atom is -0.426 e. The fourth-order valence-corrected chi connectivity index (χ4v) is 3.09. The summed E-state index contributed by atoms with van der Waals surface area (Å²) in [4.78, 5) is 27.9.